The standard InChI is InChI=1S/C7H7Br.C2H6O/c1-6-3-2-4-7(8)5-6;1-3-2/h2-5H,1H3;1-2H3. The van der Waals surface area contributed by atoms with Gasteiger partial charge in [0.1, 0.15) is 0 Å². The third-order valence-electron chi connectivity index (χ3n) is 0.980. The van der Waals surface area contributed by atoms with Crippen LogP contribution in [0.4, 0.5) is 0 Å². The van der Waals surface area contributed by atoms with Crippen molar-refractivity contribution in [2.45, 2.75) is 6.92 Å². The molecular formula is C9H13BrO. The van der Waals surface area contributed by atoms with Gasteiger partial charge in [-0.3, -0.25) is 0 Å². The van der Waals surface area contributed by atoms with Gasteiger partial charge >= 0.3 is 0 Å². The minimum absolute atomic E-state index is 1.15. The number of methoxy groups -OCH3 is 1. The SMILES string of the molecule is COC.Cc1cccc(Br)c1. The molecule has 2 heteroatoms. The molecule has 0 unspecified atom stereocenters. The summed E-state index contributed by atoms with van der Waals surface area (Å²) in [7, 11) is 3.25. The normalized spacial score (nSPS) is 8.36. The van der Waals surface area contributed by atoms with Crippen molar-refractivity contribution in [3.8, 4) is 0 Å². The molecule has 0 radical (unpaired) electrons. The number of rotatable bonds is 0. The van der Waals surface area contributed by atoms with E-state index >= 15 is 0 Å². The zero-order valence-electron chi connectivity index (χ0n) is 7.10. The van der Waals surface area contributed by atoms with Crippen molar-refractivity contribution >= 4 is 15.9 Å². The minimum atomic E-state index is 1.15. The average Bonchev–Trinajstić information content (AvgIpc) is 1.88. The fourth-order valence-electron chi connectivity index (χ4n) is 0.606. The fraction of sp³-hybridized carbons (Fsp3) is 0.333. The first kappa shape index (κ1) is 10.7. The van der Waals surface area contributed by atoms with E-state index in [1.807, 2.05) is 12.1 Å². The molecule has 0 saturated carbocycles. The highest BCUT2D eigenvalue weighted by Crippen LogP contribution is 2.09. The summed E-state index contributed by atoms with van der Waals surface area (Å²) in [5.41, 5.74) is 1.29. The minimum Gasteiger partial charge on any atom is -0.388 e. The van der Waals surface area contributed by atoms with E-state index in [-0.39, 0.29) is 0 Å². The molecule has 0 atom stereocenters. The Morgan fingerprint density at radius 1 is 1.27 bits per heavy atom. The number of hydrogen-bond acceptors (Lipinski definition) is 1. The van der Waals surface area contributed by atoms with Crippen LogP contribution in [0.25, 0.3) is 0 Å². The van der Waals surface area contributed by atoms with Gasteiger partial charge in [-0.1, -0.05) is 33.6 Å². The van der Waals surface area contributed by atoms with Gasteiger partial charge < -0.3 is 4.74 Å². The summed E-state index contributed by atoms with van der Waals surface area (Å²) in [4.78, 5) is 0. The highest BCUT2D eigenvalue weighted by molar-refractivity contribution is 9.10. The van der Waals surface area contributed by atoms with Crippen molar-refractivity contribution in [1.29, 1.82) is 0 Å². The van der Waals surface area contributed by atoms with E-state index in [0.717, 1.165) is 4.47 Å². The van der Waals surface area contributed by atoms with E-state index < -0.39 is 0 Å². The third kappa shape index (κ3) is 6.07. The maximum Gasteiger partial charge on any atom is 0.0351 e. The summed E-state index contributed by atoms with van der Waals surface area (Å²) in [5.74, 6) is 0. The number of halogens is 1. The van der Waals surface area contributed by atoms with Crippen LogP contribution < -0.4 is 0 Å². The molecule has 0 spiro atoms. The highest BCUT2D eigenvalue weighted by atomic mass is 79.9. The molecule has 0 aliphatic carbocycles. The highest BCUT2D eigenvalue weighted by Gasteiger charge is 1.82. The molecule has 0 aromatic heterocycles. The fourth-order valence-corrected chi connectivity index (χ4v) is 1.12. The summed E-state index contributed by atoms with van der Waals surface area (Å²) >= 11 is 3.36. The lowest BCUT2D eigenvalue weighted by Crippen LogP contribution is -1.67. The summed E-state index contributed by atoms with van der Waals surface area (Å²) in [6, 6.07) is 8.21. The molecule has 0 aliphatic heterocycles. The second-order valence-corrected chi connectivity index (χ2v) is 3.12. The Morgan fingerprint density at radius 2 is 1.82 bits per heavy atom. The van der Waals surface area contributed by atoms with Crippen LogP contribution >= 0.6 is 15.9 Å². The van der Waals surface area contributed by atoms with Crippen LogP contribution in [0.2, 0.25) is 0 Å². The van der Waals surface area contributed by atoms with E-state index in [1.54, 1.807) is 14.2 Å². The molecule has 62 valence electrons. The molecule has 1 rings (SSSR count). The summed E-state index contributed by atoms with van der Waals surface area (Å²) in [6.07, 6.45) is 0. The third-order valence-corrected chi connectivity index (χ3v) is 1.47. The lowest BCUT2D eigenvalue weighted by molar-refractivity contribution is 0.277. The molecule has 0 bridgehead atoms. The lowest BCUT2D eigenvalue weighted by Gasteiger charge is -1.89. The van der Waals surface area contributed by atoms with Gasteiger partial charge in [0, 0.05) is 18.7 Å². The van der Waals surface area contributed by atoms with Gasteiger partial charge in [-0.2, -0.15) is 0 Å². The van der Waals surface area contributed by atoms with Crippen LogP contribution in [-0.4, -0.2) is 14.2 Å². The molecular weight excluding hydrogens is 204 g/mol. The van der Waals surface area contributed by atoms with E-state index in [9.17, 15) is 0 Å². The predicted octanol–water partition coefficient (Wildman–Crippen LogP) is 3.02. The number of ether oxygens (including phenoxy) is 1. The van der Waals surface area contributed by atoms with E-state index in [4.69, 9.17) is 0 Å². The van der Waals surface area contributed by atoms with Gasteiger partial charge in [0.15, 0.2) is 0 Å². The monoisotopic (exact) mass is 216 g/mol. The lowest BCUT2D eigenvalue weighted by atomic mass is 10.2. The molecule has 1 nitrogen and oxygen atoms in total. The molecule has 1 aromatic carbocycles. The molecule has 11 heavy (non-hydrogen) atoms. The smallest absolute Gasteiger partial charge is 0.0351 e. The van der Waals surface area contributed by atoms with Crippen LogP contribution in [0, 0.1) is 6.92 Å². The first-order valence-electron chi connectivity index (χ1n) is 3.33. The topological polar surface area (TPSA) is 9.23 Å². The Balaban J connectivity index is 0.000000292. The molecule has 0 N–H and O–H groups in total. The van der Waals surface area contributed by atoms with Gasteiger partial charge in [-0.15, -0.1) is 0 Å². The summed E-state index contributed by atoms with van der Waals surface area (Å²) < 4.78 is 5.40. The van der Waals surface area contributed by atoms with Gasteiger partial charge in [0.05, 0.1) is 0 Å². The molecule has 1 aromatic rings. The quantitative estimate of drug-likeness (QED) is 0.649. The first-order valence-corrected chi connectivity index (χ1v) is 4.12. The number of aryl methyl sites for hydroxylation is 1. The molecule has 0 amide bonds. The first-order chi connectivity index (χ1) is 5.20. The zero-order valence-corrected chi connectivity index (χ0v) is 8.68. The Bertz CT molecular complexity index is 181. The molecule has 0 fully saturated rings. The van der Waals surface area contributed by atoms with Gasteiger partial charge in [-0.05, 0) is 19.1 Å². The van der Waals surface area contributed by atoms with Crippen LogP contribution in [0.3, 0.4) is 0 Å². The predicted molar refractivity (Wildman–Crippen MR) is 51.8 cm³/mol. The molecule has 0 saturated heterocycles. The van der Waals surface area contributed by atoms with E-state index in [1.165, 1.54) is 5.56 Å². The number of hydrogen-bond donors (Lipinski definition) is 0. The van der Waals surface area contributed by atoms with Crippen molar-refractivity contribution in [2.24, 2.45) is 0 Å². The Labute approximate surface area is 76.5 Å². The van der Waals surface area contributed by atoms with Crippen molar-refractivity contribution in [3.63, 3.8) is 0 Å². The van der Waals surface area contributed by atoms with E-state index in [0.29, 0.717) is 0 Å². The van der Waals surface area contributed by atoms with E-state index in [2.05, 4.69) is 39.7 Å². The van der Waals surface area contributed by atoms with Crippen LogP contribution in [0.5, 0.6) is 0 Å². The van der Waals surface area contributed by atoms with Gasteiger partial charge in [0.25, 0.3) is 0 Å². The molecule has 0 aliphatic rings. The maximum atomic E-state index is 4.25. The van der Waals surface area contributed by atoms with Gasteiger partial charge in [0.2, 0.25) is 0 Å². The second-order valence-electron chi connectivity index (χ2n) is 2.21. The van der Waals surface area contributed by atoms with Crippen LogP contribution in [-0.2, 0) is 4.74 Å². The van der Waals surface area contributed by atoms with Crippen molar-refractivity contribution < 1.29 is 4.74 Å². The largest absolute Gasteiger partial charge is 0.388 e. The Morgan fingerprint density at radius 3 is 2.09 bits per heavy atom. The van der Waals surface area contributed by atoms with Crippen molar-refractivity contribution in [2.75, 3.05) is 14.2 Å². The number of benzene rings is 1. The van der Waals surface area contributed by atoms with Gasteiger partial charge in [-0.25, -0.2) is 0 Å². The van der Waals surface area contributed by atoms with Crippen LogP contribution in [0.15, 0.2) is 28.7 Å². The Hall–Kier alpha value is -0.340. The summed E-state index contributed by atoms with van der Waals surface area (Å²) in [6.45, 7) is 2.07. The maximum absolute atomic E-state index is 4.25. The Kier molecular flexibility index (Phi) is 6.18. The van der Waals surface area contributed by atoms with Crippen molar-refractivity contribution in [3.05, 3.63) is 34.3 Å². The van der Waals surface area contributed by atoms with Crippen molar-refractivity contribution in [1.82, 2.24) is 0 Å². The second kappa shape index (κ2) is 6.38. The average molecular weight is 217 g/mol. The van der Waals surface area contributed by atoms with Crippen LogP contribution in [0.1, 0.15) is 5.56 Å². The zero-order chi connectivity index (χ0) is 8.69. The molecule has 0 heterocycles. The summed E-state index contributed by atoms with van der Waals surface area (Å²) in [5, 5.41) is 0.